The summed E-state index contributed by atoms with van der Waals surface area (Å²) in [7, 11) is -3.37. The van der Waals surface area contributed by atoms with Crippen LogP contribution in [0.3, 0.4) is 0 Å². The fraction of sp³-hybridized carbons (Fsp3) is 0.440. The quantitative estimate of drug-likeness (QED) is 0.296. The molecule has 2 aromatic carbocycles. The van der Waals surface area contributed by atoms with Gasteiger partial charge in [-0.05, 0) is 42.2 Å². The third-order valence-corrected chi connectivity index (χ3v) is 7.48. The lowest BCUT2D eigenvalue weighted by atomic mass is 9.85. The molecule has 1 aliphatic heterocycles. The Balaban J connectivity index is 1.61. The number of anilines is 3. The van der Waals surface area contributed by atoms with Crippen LogP contribution in [0.4, 0.5) is 17.1 Å². The molecule has 4 N–H and O–H groups in total. The Morgan fingerprint density at radius 2 is 1.84 bits per heavy atom. The molecule has 4 rings (SSSR count). The number of aliphatic hydroxyl groups excluding tert-OH is 1. The second-order valence-electron chi connectivity index (χ2n) is 10.4. The average Bonchev–Trinajstić information content (AvgIpc) is 3.36. The standard InChI is InChI=1S/C25H31ClN4O6S/c1-13-6-9-17(36-13)23(25(2,3)4)29-20-19(21(31)22(20)32)28-16-8-7-15(26)14-12-30(24(33)18(14)16)11-10-27-37(5,34)35/h6-9,23-24,27-29,33H,10-12H2,1-5H3/t23-,24?/m0/s1. The van der Waals surface area contributed by atoms with Crippen LogP contribution >= 0.6 is 11.6 Å². The van der Waals surface area contributed by atoms with Gasteiger partial charge in [-0.3, -0.25) is 14.5 Å². The van der Waals surface area contributed by atoms with Gasteiger partial charge in [-0.15, -0.1) is 0 Å². The molecule has 0 aliphatic carbocycles. The number of sulfonamides is 1. The molecule has 1 unspecified atom stereocenters. The molecule has 1 aromatic heterocycles. The van der Waals surface area contributed by atoms with E-state index in [0.29, 0.717) is 27.6 Å². The van der Waals surface area contributed by atoms with Gasteiger partial charge < -0.3 is 20.2 Å². The molecule has 0 radical (unpaired) electrons. The number of furan rings is 1. The summed E-state index contributed by atoms with van der Waals surface area (Å²) in [5.74, 6) is 1.38. The van der Waals surface area contributed by atoms with Crippen molar-refractivity contribution in [3.8, 4) is 0 Å². The molecule has 1 aliphatic rings. The second-order valence-corrected chi connectivity index (χ2v) is 12.7. The third-order valence-electron chi connectivity index (χ3n) is 6.40. The third kappa shape index (κ3) is 5.60. The van der Waals surface area contributed by atoms with Gasteiger partial charge in [0.2, 0.25) is 10.0 Å². The van der Waals surface area contributed by atoms with Crippen LogP contribution in [-0.2, 0) is 16.6 Å². The summed E-state index contributed by atoms with van der Waals surface area (Å²) in [5.41, 5.74) is 0.142. The molecular formula is C25H31ClN4O6S. The number of benzene rings is 1. The minimum absolute atomic E-state index is 0.0939. The molecule has 2 atom stereocenters. The molecule has 0 saturated carbocycles. The van der Waals surface area contributed by atoms with Crippen molar-refractivity contribution in [1.29, 1.82) is 0 Å². The van der Waals surface area contributed by atoms with Gasteiger partial charge in [0, 0.05) is 35.9 Å². The van der Waals surface area contributed by atoms with Crippen molar-refractivity contribution < 1.29 is 17.9 Å². The molecule has 0 saturated heterocycles. The Kier molecular flexibility index (Phi) is 7.30. The Morgan fingerprint density at radius 1 is 1.16 bits per heavy atom. The Bertz CT molecular complexity index is 1500. The van der Waals surface area contributed by atoms with Crippen LogP contribution in [0.2, 0.25) is 5.02 Å². The highest BCUT2D eigenvalue weighted by atomic mass is 35.5. The van der Waals surface area contributed by atoms with E-state index in [1.54, 1.807) is 17.0 Å². The molecule has 0 bridgehead atoms. The second kappa shape index (κ2) is 9.88. The lowest BCUT2D eigenvalue weighted by molar-refractivity contribution is 0.0159. The Hall–Kier alpha value is -2.70. The van der Waals surface area contributed by atoms with Gasteiger partial charge in [0.1, 0.15) is 29.1 Å². The molecule has 10 nitrogen and oxygen atoms in total. The summed E-state index contributed by atoms with van der Waals surface area (Å²) < 4.78 is 31.0. The summed E-state index contributed by atoms with van der Waals surface area (Å²) in [6.45, 7) is 8.46. The molecular weight excluding hydrogens is 520 g/mol. The fourth-order valence-corrected chi connectivity index (χ4v) is 5.19. The molecule has 200 valence electrons. The average molecular weight is 551 g/mol. The summed E-state index contributed by atoms with van der Waals surface area (Å²) in [4.78, 5) is 26.9. The maximum atomic E-state index is 12.6. The van der Waals surface area contributed by atoms with Crippen molar-refractivity contribution in [1.82, 2.24) is 9.62 Å². The fourth-order valence-electron chi connectivity index (χ4n) is 4.50. The van der Waals surface area contributed by atoms with Gasteiger partial charge in [-0.1, -0.05) is 32.4 Å². The van der Waals surface area contributed by atoms with Crippen LogP contribution < -0.4 is 26.2 Å². The number of rotatable bonds is 9. The van der Waals surface area contributed by atoms with Gasteiger partial charge in [0.05, 0.1) is 12.3 Å². The number of fused-ring (bicyclic) bond motifs is 1. The minimum Gasteiger partial charge on any atom is -0.464 e. The topological polar surface area (TPSA) is 141 Å². The predicted molar refractivity (Wildman–Crippen MR) is 144 cm³/mol. The maximum absolute atomic E-state index is 12.6. The van der Waals surface area contributed by atoms with E-state index in [9.17, 15) is 23.1 Å². The first-order valence-electron chi connectivity index (χ1n) is 11.8. The number of aryl methyl sites for hydroxylation is 1. The van der Waals surface area contributed by atoms with Gasteiger partial charge >= 0.3 is 0 Å². The number of nitrogens with zero attached hydrogens (tertiary/aromatic N) is 1. The summed E-state index contributed by atoms with van der Waals surface area (Å²) in [6.07, 6.45) is -0.0249. The minimum atomic E-state index is -3.37. The largest absolute Gasteiger partial charge is 0.464 e. The smallest absolute Gasteiger partial charge is 0.253 e. The molecule has 37 heavy (non-hydrogen) atoms. The molecule has 0 amide bonds. The first-order valence-corrected chi connectivity index (χ1v) is 14.1. The van der Waals surface area contributed by atoms with Crippen molar-refractivity contribution in [2.24, 2.45) is 5.41 Å². The highest BCUT2D eigenvalue weighted by Gasteiger charge is 2.35. The normalized spacial score (nSPS) is 17.2. The highest BCUT2D eigenvalue weighted by Crippen LogP contribution is 2.42. The van der Waals surface area contributed by atoms with E-state index in [1.807, 2.05) is 39.8 Å². The SMILES string of the molecule is Cc1ccc([C@H](Nc2c(Nc3ccc(Cl)c4c3C(O)N(CCNS(C)(=O)=O)C4)c(=O)c2=O)C(C)(C)C)o1. The number of nitrogens with one attached hydrogen (secondary N) is 3. The summed E-state index contributed by atoms with van der Waals surface area (Å²) in [6, 6.07) is 6.58. The number of halogens is 1. The van der Waals surface area contributed by atoms with Crippen LogP contribution in [-0.4, -0.2) is 37.8 Å². The van der Waals surface area contributed by atoms with E-state index in [0.717, 1.165) is 12.0 Å². The zero-order valence-electron chi connectivity index (χ0n) is 21.3. The number of aliphatic hydroxyl groups is 1. The Labute approximate surface area is 220 Å². The molecule has 0 spiro atoms. The zero-order valence-corrected chi connectivity index (χ0v) is 22.9. The lowest BCUT2D eigenvalue weighted by Gasteiger charge is -2.32. The van der Waals surface area contributed by atoms with Crippen LogP contribution in [0, 0.1) is 12.3 Å². The van der Waals surface area contributed by atoms with E-state index < -0.39 is 27.1 Å². The van der Waals surface area contributed by atoms with Crippen molar-refractivity contribution in [2.45, 2.75) is 46.5 Å². The zero-order chi connectivity index (χ0) is 27.3. The van der Waals surface area contributed by atoms with Gasteiger partial charge in [0.25, 0.3) is 10.9 Å². The van der Waals surface area contributed by atoms with E-state index in [1.165, 1.54) is 0 Å². The lowest BCUT2D eigenvalue weighted by Crippen LogP contribution is -2.39. The van der Waals surface area contributed by atoms with Crippen LogP contribution in [0.25, 0.3) is 0 Å². The van der Waals surface area contributed by atoms with Crippen LogP contribution in [0.5, 0.6) is 0 Å². The van der Waals surface area contributed by atoms with Crippen molar-refractivity contribution in [2.75, 3.05) is 30.0 Å². The van der Waals surface area contributed by atoms with Crippen molar-refractivity contribution >= 4 is 38.7 Å². The van der Waals surface area contributed by atoms with E-state index >= 15 is 0 Å². The van der Waals surface area contributed by atoms with E-state index in [2.05, 4.69) is 15.4 Å². The highest BCUT2D eigenvalue weighted by molar-refractivity contribution is 7.88. The predicted octanol–water partition coefficient (Wildman–Crippen LogP) is 3.14. The maximum Gasteiger partial charge on any atom is 0.253 e. The van der Waals surface area contributed by atoms with Crippen LogP contribution in [0.1, 0.15) is 55.7 Å². The van der Waals surface area contributed by atoms with E-state index in [4.69, 9.17) is 16.0 Å². The summed E-state index contributed by atoms with van der Waals surface area (Å²) >= 11 is 6.40. The van der Waals surface area contributed by atoms with Crippen molar-refractivity contribution in [3.05, 3.63) is 72.4 Å². The Morgan fingerprint density at radius 3 is 2.43 bits per heavy atom. The van der Waals surface area contributed by atoms with Gasteiger partial charge in [0.15, 0.2) is 0 Å². The monoisotopic (exact) mass is 550 g/mol. The molecule has 0 fully saturated rings. The van der Waals surface area contributed by atoms with E-state index in [-0.39, 0.29) is 42.5 Å². The first-order chi connectivity index (χ1) is 17.2. The first kappa shape index (κ1) is 27.3. The molecule has 2 heterocycles. The number of hydrogen-bond donors (Lipinski definition) is 4. The van der Waals surface area contributed by atoms with Gasteiger partial charge in [-0.25, -0.2) is 13.1 Å². The molecule has 3 aromatic rings. The summed E-state index contributed by atoms with van der Waals surface area (Å²) in [5, 5.41) is 17.7. The molecule has 12 heteroatoms. The number of hydrogen-bond acceptors (Lipinski definition) is 9. The van der Waals surface area contributed by atoms with Crippen LogP contribution in [0.15, 0.2) is 38.3 Å². The van der Waals surface area contributed by atoms with Gasteiger partial charge in [-0.2, -0.15) is 0 Å². The van der Waals surface area contributed by atoms with Crippen molar-refractivity contribution in [3.63, 3.8) is 0 Å².